The van der Waals surface area contributed by atoms with Gasteiger partial charge in [-0.25, -0.2) is 8.42 Å². The predicted octanol–water partition coefficient (Wildman–Crippen LogP) is 4.57. The second-order valence-electron chi connectivity index (χ2n) is 9.84. The lowest BCUT2D eigenvalue weighted by Crippen LogP contribution is -2.53. The summed E-state index contributed by atoms with van der Waals surface area (Å²) in [5, 5.41) is 2.94. The van der Waals surface area contributed by atoms with Gasteiger partial charge in [-0.2, -0.15) is 0 Å². The van der Waals surface area contributed by atoms with Gasteiger partial charge in [-0.15, -0.1) is 0 Å². The number of carbonyl (C=O) groups excluding carboxylic acids is 2. The fraction of sp³-hybridized carbons (Fsp3) is 0.355. The summed E-state index contributed by atoms with van der Waals surface area (Å²) in [5.74, 6) is -0.235. The summed E-state index contributed by atoms with van der Waals surface area (Å²) in [5.41, 5.74) is 2.32. The molecule has 2 atom stereocenters. The van der Waals surface area contributed by atoms with Crippen molar-refractivity contribution in [1.29, 1.82) is 0 Å². The summed E-state index contributed by atoms with van der Waals surface area (Å²) >= 11 is 0. The molecule has 1 N–H and O–H groups in total. The van der Waals surface area contributed by atoms with Crippen LogP contribution in [0.3, 0.4) is 0 Å². The van der Waals surface area contributed by atoms with E-state index in [0.717, 1.165) is 21.9 Å². The Balaban J connectivity index is 1.97. The van der Waals surface area contributed by atoms with E-state index in [2.05, 4.69) is 5.32 Å². The molecule has 3 aromatic rings. The number of amides is 2. The van der Waals surface area contributed by atoms with Crippen LogP contribution in [-0.2, 0) is 26.0 Å². The molecule has 0 heterocycles. The van der Waals surface area contributed by atoms with Gasteiger partial charge in [-0.3, -0.25) is 13.9 Å². The van der Waals surface area contributed by atoms with Gasteiger partial charge < -0.3 is 15.0 Å². The lowest BCUT2D eigenvalue weighted by Gasteiger charge is -2.32. The zero-order chi connectivity index (χ0) is 29.3. The van der Waals surface area contributed by atoms with Crippen molar-refractivity contribution in [3.63, 3.8) is 0 Å². The highest BCUT2D eigenvalue weighted by Gasteiger charge is 2.32. The summed E-state index contributed by atoms with van der Waals surface area (Å²) in [7, 11) is -2.62. The van der Waals surface area contributed by atoms with Gasteiger partial charge in [-0.1, -0.05) is 55.0 Å². The smallest absolute Gasteiger partial charge is 0.264 e. The third-order valence-electron chi connectivity index (χ3n) is 6.90. The zero-order valence-electron chi connectivity index (χ0n) is 23.8. The SMILES string of the molecule is CC[C@H](C)NC(=O)[C@H](C)N(CCc1ccccc1)C(=O)CN(c1ccc(C)cc1)S(=O)(=O)c1ccc(OC)cc1. The van der Waals surface area contributed by atoms with E-state index in [4.69, 9.17) is 4.74 Å². The fourth-order valence-electron chi connectivity index (χ4n) is 4.15. The van der Waals surface area contributed by atoms with Crippen molar-refractivity contribution in [2.75, 3.05) is 24.5 Å². The lowest BCUT2D eigenvalue weighted by molar-refractivity contribution is -0.139. The predicted molar refractivity (Wildman–Crippen MR) is 158 cm³/mol. The van der Waals surface area contributed by atoms with Gasteiger partial charge in [0, 0.05) is 12.6 Å². The summed E-state index contributed by atoms with van der Waals surface area (Å²) in [6.45, 7) is 7.24. The molecule has 40 heavy (non-hydrogen) atoms. The Bertz CT molecular complexity index is 1360. The van der Waals surface area contributed by atoms with Crippen LogP contribution in [0, 0.1) is 6.92 Å². The number of aryl methyl sites for hydroxylation is 1. The molecule has 0 saturated heterocycles. The van der Waals surface area contributed by atoms with Gasteiger partial charge in [0.2, 0.25) is 11.8 Å². The van der Waals surface area contributed by atoms with E-state index in [1.54, 1.807) is 43.3 Å². The number of carbonyl (C=O) groups is 2. The summed E-state index contributed by atoms with van der Waals surface area (Å²) in [4.78, 5) is 28.5. The molecule has 3 aromatic carbocycles. The number of hydrogen-bond donors (Lipinski definition) is 1. The monoisotopic (exact) mass is 565 g/mol. The maximum absolute atomic E-state index is 13.9. The van der Waals surface area contributed by atoms with E-state index < -0.39 is 28.5 Å². The van der Waals surface area contributed by atoms with Crippen molar-refractivity contribution >= 4 is 27.5 Å². The van der Waals surface area contributed by atoms with E-state index in [1.807, 2.05) is 51.1 Å². The molecule has 0 radical (unpaired) electrons. The van der Waals surface area contributed by atoms with Crippen molar-refractivity contribution < 1.29 is 22.7 Å². The highest BCUT2D eigenvalue weighted by Crippen LogP contribution is 2.26. The van der Waals surface area contributed by atoms with Crippen molar-refractivity contribution in [3.05, 3.63) is 90.0 Å². The van der Waals surface area contributed by atoms with Crippen LogP contribution in [0.2, 0.25) is 0 Å². The Morgan fingerprint density at radius 1 is 0.925 bits per heavy atom. The van der Waals surface area contributed by atoms with Crippen molar-refractivity contribution in [3.8, 4) is 5.75 Å². The molecular weight excluding hydrogens is 526 g/mol. The topological polar surface area (TPSA) is 96.0 Å². The molecular formula is C31H39N3O5S. The molecule has 214 valence electrons. The minimum atomic E-state index is -4.13. The molecule has 0 aliphatic rings. The number of methoxy groups -OCH3 is 1. The standard InChI is InChI=1S/C31H39N3O5S/c1-6-24(3)32-31(36)25(4)33(21-20-26-10-8-7-9-11-26)30(35)22-34(27-14-12-23(2)13-15-27)40(37,38)29-18-16-28(39-5)17-19-29/h7-19,24-25H,6,20-22H2,1-5H3,(H,32,36)/t24-,25-/m0/s1. The normalized spacial score (nSPS) is 12.7. The van der Waals surface area contributed by atoms with Gasteiger partial charge in [0.25, 0.3) is 10.0 Å². The van der Waals surface area contributed by atoms with Crippen LogP contribution in [0.5, 0.6) is 5.75 Å². The molecule has 0 bridgehead atoms. The van der Waals surface area contributed by atoms with Crippen LogP contribution in [0.25, 0.3) is 0 Å². The molecule has 9 heteroatoms. The minimum Gasteiger partial charge on any atom is -0.497 e. The first-order chi connectivity index (χ1) is 19.1. The first kappa shape index (κ1) is 30.7. The Morgan fingerprint density at radius 3 is 2.12 bits per heavy atom. The molecule has 0 aliphatic heterocycles. The largest absolute Gasteiger partial charge is 0.497 e. The molecule has 3 rings (SSSR count). The molecule has 0 spiro atoms. The number of benzene rings is 3. The quantitative estimate of drug-likeness (QED) is 0.328. The highest BCUT2D eigenvalue weighted by atomic mass is 32.2. The summed E-state index contributed by atoms with van der Waals surface area (Å²) in [6.07, 6.45) is 1.26. The van der Waals surface area contributed by atoms with Gasteiger partial charge in [0.15, 0.2) is 0 Å². The second-order valence-corrected chi connectivity index (χ2v) is 11.7. The van der Waals surface area contributed by atoms with E-state index in [1.165, 1.54) is 24.1 Å². The van der Waals surface area contributed by atoms with Gasteiger partial charge in [0.1, 0.15) is 18.3 Å². The highest BCUT2D eigenvalue weighted by molar-refractivity contribution is 7.92. The fourth-order valence-corrected chi connectivity index (χ4v) is 5.56. The Labute approximate surface area is 238 Å². The van der Waals surface area contributed by atoms with E-state index in [-0.39, 0.29) is 23.4 Å². The first-order valence-corrected chi connectivity index (χ1v) is 14.9. The van der Waals surface area contributed by atoms with Crippen molar-refractivity contribution in [2.24, 2.45) is 0 Å². The maximum Gasteiger partial charge on any atom is 0.264 e. The number of nitrogens with zero attached hydrogens (tertiary/aromatic N) is 2. The molecule has 0 saturated carbocycles. The van der Waals surface area contributed by atoms with E-state index >= 15 is 0 Å². The molecule has 0 aromatic heterocycles. The number of sulfonamides is 1. The van der Waals surface area contributed by atoms with E-state index in [0.29, 0.717) is 17.9 Å². The molecule has 0 aliphatic carbocycles. The number of anilines is 1. The van der Waals surface area contributed by atoms with Gasteiger partial charge >= 0.3 is 0 Å². The molecule has 2 amide bonds. The number of ether oxygens (including phenoxy) is 1. The third-order valence-corrected chi connectivity index (χ3v) is 8.69. The number of hydrogen-bond acceptors (Lipinski definition) is 5. The van der Waals surface area contributed by atoms with Gasteiger partial charge in [0.05, 0.1) is 17.7 Å². The van der Waals surface area contributed by atoms with Crippen LogP contribution in [-0.4, -0.2) is 57.4 Å². The van der Waals surface area contributed by atoms with Crippen LogP contribution < -0.4 is 14.4 Å². The number of nitrogens with one attached hydrogen (secondary N) is 1. The van der Waals surface area contributed by atoms with Crippen LogP contribution in [0.15, 0.2) is 83.8 Å². The lowest BCUT2D eigenvalue weighted by atomic mass is 10.1. The summed E-state index contributed by atoms with van der Waals surface area (Å²) < 4.78 is 34.0. The average molecular weight is 566 g/mol. The zero-order valence-corrected chi connectivity index (χ0v) is 24.6. The molecule has 0 unspecified atom stereocenters. The van der Waals surface area contributed by atoms with Crippen molar-refractivity contribution in [1.82, 2.24) is 10.2 Å². The van der Waals surface area contributed by atoms with Crippen LogP contribution in [0.4, 0.5) is 5.69 Å². The Morgan fingerprint density at radius 2 is 1.55 bits per heavy atom. The van der Waals surface area contributed by atoms with Gasteiger partial charge in [-0.05, 0) is 75.6 Å². The Hall–Kier alpha value is -3.85. The minimum absolute atomic E-state index is 0.0278. The maximum atomic E-state index is 13.9. The van der Waals surface area contributed by atoms with Crippen LogP contribution >= 0.6 is 0 Å². The van der Waals surface area contributed by atoms with Crippen molar-refractivity contribution in [2.45, 2.75) is 57.5 Å². The number of rotatable bonds is 13. The third kappa shape index (κ3) is 7.85. The van der Waals surface area contributed by atoms with Crippen LogP contribution in [0.1, 0.15) is 38.3 Å². The molecule has 8 nitrogen and oxygen atoms in total. The summed E-state index contributed by atoms with van der Waals surface area (Å²) in [6, 6.07) is 21.8. The molecule has 0 fully saturated rings. The van der Waals surface area contributed by atoms with E-state index in [9.17, 15) is 18.0 Å². The Kier molecular flexibility index (Phi) is 10.7. The average Bonchev–Trinajstić information content (AvgIpc) is 2.96. The second kappa shape index (κ2) is 14.0. The first-order valence-electron chi connectivity index (χ1n) is 13.4.